The molecule has 0 heterocycles. The van der Waals surface area contributed by atoms with Gasteiger partial charge in [-0.05, 0) is 30.7 Å². The van der Waals surface area contributed by atoms with E-state index < -0.39 is 10.1 Å². The second-order valence-corrected chi connectivity index (χ2v) is 7.06. The standard InChI is InChI=1S/C17H26O4S/c1-3-9-16(15-21-22(2,18)19)12-7-8-13-20-14-17-10-5-4-6-11-17/h3-6,10-11,16H,1,7-9,12-15H2,2H3. The van der Waals surface area contributed by atoms with Crippen LogP contribution in [0.4, 0.5) is 0 Å². The van der Waals surface area contributed by atoms with Gasteiger partial charge in [0.2, 0.25) is 0 Å². The summed E-state index contributed by atoms with van der Waals surface area (Å²) in [7, 11) is -3.37. The fourth-order valence-corrected chi connectivity index (χ4v) is 2.57. The van der Waals surface area contributed by atoms with Crippen LogP contribution in [0.25, 0.3) is 0 Å². The Morgan fingerprint density at radius 2 is 1.95 bits per heavy atom. The third-order valence-corrected chi connectivity index (χ3v) is 3.84. The van der Waals surface area contributed by atoms with Crippen LogP contribution >= 0.6 is 0 Å². The molecule has 5 heteroatoms. The van der Waals surface area contributed by atoms with Crippen LogP contribution < -0.4 is 0 Å². The van der Waals surface area contributed by atoms with Gasteiger partial charge in [0.1, 0.15) is 0 Å². The molecule has 1 rings (SSSR count). The van der Waals surface area contributed by atoms with Gasteiger partial charge in [0, 0.05) is 6.61 Å². The fourth-order valence-electron chi connectivity index (χ4n) is 2.13. The van der Waals surface area contributed by atoms with Gasteiger partial charge in [-0.25, -0.2) is 0 Å². The molecule has 0 amide bonds. The quantitative estimate of drug-likeness (QED) is 0.335. The molecule has 0 aromatic heterocycles. The van der Waals surface area contributed by atoms with Crippen molar-refractivity contribution >= 4 is 10.1 Å². The number of allylic oxidation sites excluding steroid dienone is 1. The molecular weight excluding hydrogens is 300 g/mol. The highest BCUT2D eigenvalue weighted by Gasteiger charge is 2.11. The second-order valence-electron chi connectivity index (χ2n) is 5.41. The number of hydrogen-bond acceptors (Lipinski definition) is 4. The maximum Gasteiger partial charge on any atom is 0.264 e. The van der Waals surface area contributed by atoms with E-state index in [1.165, 1.54) is 5.56 Å². The van der Waals surface area contributed by atoms with Gasteiger partial charge < -0.3 is 4.74 Å². The highest BCUT2D eigenvalue weighted by Crippen LogP contribution is 2.15. The Morgan fingerprint density at radius 3 is 2.59 bits per heavy atom. The summed E-state index contributed by atoms with van der Waals surface area (Å²) < 4.78 is 32.5. The van der Waals surface area contributed by atoms with Crippen LogP contribution in [-0.2, 0) is 25.6 Å². The fraction of sp³-hybridized carbons (Fsp3) is 0.529. The Labute approximate surface area is 134 Å². The SMILES string of the molecule is C=CCC(CCCCOCc1ccccc1)COS(C)(=O)=O. The van der Waals surface area contributed by atoms with Crippen LogP contribution in [0, 0.1) is 5.92 Å². The largest absolute Gasteiger partial charge is 0.377 e. The number of benzene rings is 1. The molecule has 0 aliphatic rings. The lowest BCUT2D eigenvalue weighted by Crippen LogP contribution is -2.13. The first kappa shape index (κ1) is 18.9. The molecule has 0 bridgehead atoms. The predicted molar refractivity (Wildman–Crippen MR) is 89.0 cm³/mol. The van der Waals surface area contributed by atoms with Gasteiger partial charge in [0.05, 0.1) is 19.5 Å². The molecular formula is C17H26O4S. The summed E-state index contributed by atoms with van der Waals surface area (Å²) in [5.74, 6) is 0.196. The number of ether oxygens (including phenoxy) is 1. The highest BCUT2D eigenvalue weighted by molar-refractivity contribution is 7.85. The number of unbranched alkanes of at least 4 members (excludes halogenated alkanes) is 1. The third kappa shape index (κ3) is 9.71. The van der Waals surface area contributed by atoms with Gasteiger partial charge in [-0.3, -0.25) is 4.18 Å². The molecule has 0 fully saturated rings. The van der Waals surface area contributed by atoms with Gasteiger partial charge in [-0.1, -0.05) is 42.8 Å². The molecule has 0 radical (unpaired) electrons. The molecule has 0 saturated carbocycles. The van der Waals surface area contributed by atoms with E-state index in [-0.39, 0.29) is 12.5 Å². The molecule has 1 aromatic carbocycles. The van der Waals surface area contributed by atoms with Crippen molar-refractivity contribution in [1.82, 2.24) is 0 Å². The van der Waals surface area contributed by atoms with Gasteiger partial charge in [0.25, 0.3) is 10.1 Å². The van der Waals surface area contributed by atoms with Crippen molar-refractivity contribution in [3.8, 4) is 0 Å². The summed E-state index contributed by atoms with van der Waals surface area (Å²) in [4.78, 5) is 0. The first-order valence-electron chi connectivity index (χ1n) is 7.58. The number of hydrogen-bond donors (Lipinski definition) is 0. The minimum atomic E-state index is -3.37. The van der Waals surface area contributed by atoms with E-state index in [9.17, 15) is 8.42 Å². The first-order valence-corrected chi connectivity index (χ1v) is 9.40. The second kappa shape index (κ2) is 10.5. The Hall–Kier alpha value is -1.17. The molecule has 1 aromatic rings. The summed E-state index contributed by atoms with van der Waals surface area (Å²) in [5, 5.41) is 0. The Kier molecular flexibility index (Phi) is 9.04. The normalized spacial score (nSPS) is 13.0. The maximum absolute atomic E-state index is 11.0. The molecule has 0 saturated heterocycles. The summed E-state index contributed by atoms with van der Waals surface area (Å²) in [5.41, 5.74) is 1.17. The molecule has 4 nitrogen and oxygen atoms in total. The summed E-state index contributed by atoms with van der Waals surface area (Å²) >= 11 is 0. The zero-order valence-corrected chi connectivity index (χ0v) is 14.1. The smallest absolute Gasteiger partial charge is 0.264 e. The monoisotopic (exact) mass is 326 g/mol. The Balaban J connectivity index is 2.13. The third-order valence-electron chi connectivity index (χ3n) is 3.28. The van der Waals surface area contributed by atoms with Gasteiger partial charge >= 0.3 is 0 Å². The van der Waals surface area contributed by atoms with E-state index in [0.717, 1.165) is 31.9 Å². The molecule has 0 spiro atoms. The predicted octanol–water partition coefficient (Wildman–Crippen LogP) is 3.54. The molecule has 1 atom stereocenters. The van der Waals surface area contributed by atoms with Crippen molar-refractivity contribution in [1.29, 1.82) is 0 Å². The molecule has 1 unspecified atom stereocenters. The Morgan fingerprint density at radius 1 is 1.23 bits per heavy atom. The summed E-state index contributed by atoms with van der Waals surface area (Å²) in [6.45, 7) is 5.28. The van der Waals surface area contributed by atoms with E-state index in [1.807, 2.05) is 36.4 Å². The lowest BCUT2D eigenvalue weighted by Gasteiger charge is -2.14. The molecule has 0 N–H and O–H groups in total. The average molecular weight is 326 g/mol. The molecule has 124 valence electrons. The van der Waals surface area contributed by atoms with E-state index in [1.54, 1.807) is 0 Å². The van der Waals surface area contributed by atoms with Crippen molar-refractivity contribution in [2.75, 3.05) is 19.5 Å². The van der Waals surface area contributed by atoms with Crippen molar-refractivity contribution in [2.24, 2.45) is 5.92 Å². The zero-order valence-electron chi connectivity index (χ0n) is 13.2. The average Bonchev–Trinajstić information content (AvgIpc) is 2.48. The van der Waals surface area contributed by atoms with Gasteiger partial charge in [-0.15, -0.1) is 6.58 Å². The summed E-state index contributed by atoms with van der Waals surface area (Å²) in [6.07, 6.45) is 6.51. The lowest BCUT2D eigenvalue weighted by molar-refractivity contribution is 0.115. The lowest BCUT2D eigenvalue weighted by atomic mass is 9.99. The Bertz CT molecular complexity index is 511. The van der Waals surface area contributed by atoms with E-state index in [0.29, 0.717) is 13.2 Å². The minimum Gasteiger partial charge on any atom is -0.377 e. The van der Waals surface area contributed by atoms with E-state index >= 15 is 0 Å². The van der Waals surface area contributed by atoms with Crippen molar-refractivity contribution in [3.63, 3.8) is 0 Å². The van der Waals surface area contributed by atoms with Crippen LogP contribution in [0.1, 0.15) is 31.2 Å². The maximum atomic E-state index is 11.0. The minimum absolute atomic E-state index is 0.196. The van der Waals surface area contributed by atoms with Crippen LogP contribution in [-0.4, -0.2) is 27.9 Å². The molecule has 0 aliphatic heterocycles. The van der Waals surface area contributed by atoms with Crippen LogP contribution in [0.5, 0.6) is 0 Å². The molecule has 22 heavy (non-hydrogen) atoms. The van der Waals surface area contributed by atoms with Crippen LogP contribution in [0.2, 0.25) is 0 Å². The molecule has 0 aliphatic carbocycles. The zero-order chi connectivity index (χ0) is 16.3. The van der Waals surface area contributed by atoms with Crippen molar-refractivity contribution in [2.45, 2.75) is 32.3 Å². The van der Waals surface area contributed by atoms with Crippen molar-refractivity contribution < 1.29 is 17.3 Å². The van der Waals surface area contributed by atoms with Gasteiger partial charge in [-0.2, -0.15) is 8.42 Å². The highest BCUT2D eigenvalue weighted by atomic mass is 32.2. The first-order chi connectivity index (χ1) is 10.5. The van der Waals surface area contributed by atoms with Crippen molar-refractivity contribution in [3.05, 3.63) is 48.6 Å². The topological polar surface area (TPSA) is 52.6 Å². The van der Waals surface area contributed by atoms with Crippen LogP contribution in [0.3, 0.4) is 0 Å². The number of rotatable bonds is 12. The van der Waals surface area contributed by atoms with E-state index in [4.69, 9.17) is 8.92 Å². The van der Waals surface area contributed by atoms with Gasteiger partial charge in [0.15, 0.2) is 0 Å². The van der Waals surface area contributed by atoms with Crippen LogP contribution in [0.15, 0.2) is 43.0 Å². The van der Waals surface area contributed by atoms with E-state index in [2.05, 4.69) is 6.58 Å². The summed E-state index contributed by atoms with van der Waals surface area (Å²) in [6, 6.07) is 10.1.